The molecule has 0 aliphatic rings. The monoisotopic (exact) mass is 164 g/mol. The van der Waals surface area contributed by atoms with Crippen LogP contribution in [0.1, 0.15) is 38.4 Å². The molecule has 0 fully saturated rings. The van der Waals surface area contributed by atoms with Gasteiger partial charge in [0.05, 0.1) is 6.26 Å². The Morgan fingerprint density at radius 1 is 1.42 bits per heavy atom. The van der Waals surface area contributed by atoms with Crippen molar-refractivity contribution in [1.29, 1.82) is 0 Å². The predicted molar refractivity (Wildman–Crippen MR) is 51.9 cm³/mol. The van der Waals surface area contributed by atoms with Gasteiger partial charge in [-0.05, 0) is 31.1 Å². The van der Waals surface area contributed by atoms with E-state index in [9.17, 15) is 0 Å². The third-order valence-corrected chi connectivity index (χ3v) is 1.80. The largest absolute Gasteiger partial charge is 0.465 e. The van der Waals surface area contributed by atoms with Crippen LogP contribution in [-0.4, -0.2) is 0 Å². The zero-order valence-corrected chi connectivity index (χ0v) is 7.62. The maximum absolute atomic E-state index is 5.15. The van der Waals surface area contributed by atoms with Crippen molar-refractivity contribution in [2.45, 2.75) is 32.6 Å². The molecule has 0 bridgehead atoms. The number of hydrogen-bond donors (Lipinski definition) is 0. The Balaban J connectivity index is 2.14. The van der Waals surface area contributed by atoms with Crippen LogP contribution in [0.4, 0.5) is 0 Å². The van der Waals surface area contributed by atoms with Gasteiger partial charge in [0.25, 0.3) is 0 Å². The Morgan fingerprint density at radius 2 is 2.33 bits per heavy atom. The van der Waals surface area contributed by atoms with Gasteiger partial charge in [-0.25, -0.2) is 0 Å². The Bertz CT molecular complexity index is 209. The number of unbranched alkanes of at least 4 members (excludes halogenated alkanes) is 3. The molecule has 0 atom stereocenters. The smallest absolute Gasteiger partial charge is 0.126 e. The van der Waals surface area contributed by atoms with Crippen LogP contribution in [0.3, 0.4) is 0 Å². The average molecular weight is 164 g/mol. The molecule has 1 nitrogen and oxygen atoms in total. The van der Waals surface area contributed by atoms with E-state index in [2.05, 4.69) is 13.0 Å². The van der Waals surface area contributed by atoms with Gasteiger partial charge in [0, 0.05) is 0 Å². The zero-order chi connectivity index (χ0) is 8.65. The lowest BCUT2D eigenvalue weighted by Gasteiger charge is -1.90. The van der Waals surface area contributed by atoms with Gasteiger partial charge < -0.3 is 4.42 Å². The highest BCUT2D eigenvalue weighted by Crippen LogP contribution is 2.05. The zero-order valence-electron chi connectivity index (χ0n) is 7.62. The molecule has 0 amide bonds. The molecule has 0 aliphatic heterocycles. The van der Waals surface area contributed by atoms with Crippen molar-refractivity contribution in [2.24, 2.45) is 0 Å². The molecule has 1 rings (SSSR count). The van der Waals surface area contributed by atoms with Gasteiger partial charge in [0.15, 0.2) is 0 Å². The molecule has 0 saturated carbocycles. The van der Waals surface area contributed by atoms with Crippen LogP contribution in [0.15, 0.2) is 28.9 Å². The van der Waals surface area contributed by atoms with Crippen LogP contribution in [0, 0.1) is 0 Å². The van der Waals surface area contributed by atoms with Crippen LogP contribution < -0.4 is 0 Å². The Morgan fingerprint density at radius 3 is 3.00 bits per heavy atom. The summed E-state index contributed by atoms with van der Waals surface area (Å²) in [6, 6.07) is 3.88. The molecular weight excluding hydrogens is 148 g/mol. The van der Waals surface area contributed by atoms with Crippen LogP contribution in [0.5, 0.6) is 0 Å². The quantitative estimate of drug-likeness (QED) is 0.602. The van der Waals surface area contributed by atoms with E-state index in [4.69, 9.17) is 4.42 Å². The number of allylic oxidation sites excluding steroid dienone is 1. The van der Waals surface area contributed by atoms with E-state index < -0.39 is 0 Å². The summed E-state index contributed by atoms with van der Waals surface area (Å²) in [5.74, 6) is 0.950. The summed E-state index contributed by atoms with van der Waals surface area (Å²) >= 11 is 0. The van der Waals surface area contributed by atoms with E-state index in [0.717, 1.165) is 12.2 Å². The minimum Gasteiger partial charge on any atom is -0.465 e. The summed E-state index contributed by atoms with van der Waals surface area (Å²) in [4.78, 5) is 0. The first-order valence-electron chi connectivity index (χ1n) is 4.63. The minimum atomic E-state index is 0.950. The number of hydrogen-bond acceptors (Lipinski definition) is 1. The van der Waals surface area contributed by atoms with Gasteiger partial charge in [-0.1, -0.05) is 25.8 Å². The molecule has 0 N–H and O–H groups in total. The highest BCUT2D eigenvalue weighted by Gasteiger charge is 1.86. The molecule has 12 heavy (non-hydrogen) atoms. The summed E-state index contributed by atoms with van der Waals surface area (Å²) in [6.07, 6.45) is 11.0. The lowest BCUT2D eigenvalue weighted by molar-refractivity contribution is 0.556. The molecule has 66 valence electrons. The van der Waals surface area contributed by atoms with E-state index in [1.807, 2.05) is 18.2 Å². The van der Waals surface area contributed by atoms with Gasteiger partial charge in [-0.15, -0.1) is 0 Å². The lowest BCUT2D eigenvalue weighted by Crippen LogP contribution is -1.70. The second kappa shape index (κ2) is 5.64. The molecule has 0 unspecified atom stereocenters. The second-order valence-electron chi connectivity index (χ2n) is 2.91. The van der Waals surface area contributed by atoms with E-state index in [1.54, 1.807) is 6.26 Å². The van der Waals surface area contributed by atoms with E-state index in [0.29, 0.717) is 0 Å². The first kappa shape index (κ1) is 9.11. The molecule has 1 aromatic rings. The number of furan rings is 1. The summed E-state index contributed by atoms with van der Waals surface area (Å²) in [5.41, 5.74) is 0. The Kier molecular flexibility index (Phi) is 4.28. The van der Waals surface area contributed by atoms with Crippen molar-refractivity contribution < 1.29 is 4.42 Å². The summed E-state index contributed by atoms with van der Waals surface area (Å²) in [6.45, 7) is 2.22. The third-order valence-electron chi connectivity index (χ3n) is 1.80. The van der Waals surface area contributed by atoms with Crippen LogP contribution in [0.2, 0.25) is 0 Å². The molecule has 0 aromatic carbocycles. The van der Waals surface area contributed by atoms with Crippen molar-refractivity contribution in [3.63, 3.8) is 0 Å². The molecule has 0 aliphatic carbocycles. The molecule has 1 aromatic heterocycles. The van der Waals surface area contributed by atoms with Crippen LogP contribution in [0.25, 0.3) is 6.08 Å². The molecular formula is C11H16O. The summed E-state index contributed by atoms with van der Waals surface area (Å²) in [5, 5.41) is 0. The SMILES string of the molecule is CCCCCC=Cc1ccco1. The normalized spacial score (nSPS) is 11.1. The first-order chi connectivity index (χ1) is 5.93. The van der Waals surface area contributed by atoms with E-state index in [-0.39, 0.29) is 0 Å². The highest BCUT2D eigenvalue weighted by molar-refractivity contribution is 5.41. The summed E-state index contributed by atoms with van der Waals surface area (Å²) < 4.78 is 5.15. The number of rotatable bonds is 5. The van der Waals surface area contributed by atoms with Gasteiger partial charge in [0.1, 0.15) is 5.76 Å². The fourth-order valence-corrected chi connectivity index (χ4v) is 1.10. The standard InChI is InChI=1S/C11H16O/c1-2-3-4-5-6-8-11-9-7-10-12-11/h6-10H,2-5H2,1H3. The molecule has 0 saturated heterocycles. The maximum atomic E-state index is 5.15. The molecule has 1 heterocycles. The van der Waals surface area contributed by atoms with Gasteiger partial charge >= 0.3 is 0 Å². The van der Waals surface area contributed by atoms with Crippen LogP contribution in [-0.2, 0) is 0 Å². The van der Waals surface area contributed by atoms with Crippen molar-refractivity contribution in [2.75, 3.05) is 0 Å². The van der Waals surface area contributed by atoms with Crippen molar-refractivity contribution in [1.82, 2.24) is 0 Å². The van der Waals surface area contributed by atoms with Crippen molar-refractivity contribution in [3.8, 4) is 0 Å². The van der Waals surface area contributed by atoms with Gasteiger partial charge in [0.2, 0.25) is 0 Å². The van der Waals surface area contributed by atoms with Crippen molar-refractivity contribution in [3.05, 3.63) is 30.2 Å². The molecule has 0 radical (unpaired) electrons. The van der Waals surface area contributed by atoms with Crippen molar-refractivity contribution >= 4 is 6.08 Å². The topological polar surface area (TPSA) is 13.1 Å². The predicted octanol–water partition coefficient (Wildman–Crippen LogP) is 3.87. The Hall–Kier alpha value is -0.980. The van der Waals surface area contributed by atoms with Gasteiger partial charge in [-0.2, -0.15) is 0 Å². The first-order valence-corrected chi connectivity index (χ1v) is 4.63. The fraction of sp³-hybridized carbons (Fsp3) is 0.455. The lowest BCUT2D eigenvalue weighted by atomic mass is 10.2. The highest BCUT2D eigenvalue weighted by atomic mass is 16.3. The van der Waals surface area contributed by atoms with Gasteiger partial charge in [-0.3, -0.25) is 0 Å². The average Bonchev–Trinajstić information content (AvgIpc) is 2.57. The minimum absolute atomic E-state index is 0.950. The summed E-state index contributed by atoms with van der Waals surface area (Å²) in [7, 11) is 0. The Labute approximate surface area is 74.1 Å². The molecule has 0 spiro atoms. The van der Waals surface area contributed by atoms with E-state index >= 15 is 0 Å². The third kappa shape index (κ3) is 3.42. The maximum Gasteiger partial charge on any atom is 0.126 e. The second-order valence-corrected chi connectivity index (χ2v) is 2.91. The van der Waals surface area contributed by atoms with E-state index in [1.165, 1.54) is 19.3 Å². The molecule has 1 heteroatoms. The van der Waals surface area contributed by atoms with Crippen LogP contribution >= 0.6 is 0 Å². The fourth-order valence-electron chi connectivity index (χ4n) is 1.10.